The molecule has 18 heavy (non-hydrogen) atoms. The van der Waals surface area contributed by atoms with Gasteiger partial charge in [0, 0.05) is 0 Å². The molecule has 1 unspecified atom stereocenters. The molecule has 0 aliphatic heterocycles. The Morgan fingerprint density at radius 3 is 2.56 bits per heavy atom. The van der Waals surface area contributed by atoms with Gasteiger partial charge < -0.3 is 25.2 Å². The molecule has 7 nitrogen and oxygen atoms in total. The van der Waals surface area contributed by atoms with Crippen LogP contribution in [0, 0.1) is 0 Å². The number of ether oxygens (including phenoxy) is 1. The van der Waals surface area contributed by atoms with E-state index in [0.29, 0.717) is 6.29 Å². The van der Waals surface area contributed by atoms with Gasteiger partial charge in [0.05, 0.1) is 5.56 Å². The molecule has 0 radical (unpaired) electrons. The highest BCUT2D eigenvalue weighted by atomic mass is 16.6. The highest BCUT2D eigenvalue weighted by Gasteiger charge is 2.39. The molecule has 0 aliphatic carbocycles. The number of rotatable bonds is 6. The molecule has 0 spiro atoms. The lowest BCUT2D eigenvalue weighted by Gasteiger charge is -2.24. The number of carbonyl (C=O) groups excluding carboxylic acids is 1. The van der Waals surface area contributed by atoms with E-state index in [1.165, 1.54) is 12.1 Å². The summed E-state index contributed by atoms with van der Waals surface area (Å²) in [4.78, 5) is 21.0. The molecule has 1 aromatic rings. The molecule has 0 saturated carbocycles. The van der Waals surface area contributed by atoms with E-state index in [9.17, 15) is 19.8 Å². The van der Waals surface area contributed by atoms with Gasteiger partial charge >= 0.3 is 5.97 Å². The zero-order valence-corrected chi connectivity index (χ0v) is 9.18. The molecule has 98 valence electrons. The number of hydrogen-bond donors (Lipinski definition) is 4. The minimum Gasteiger partial charge on any atom is -0.487 e. The van der Waals surface area contributed by atoms with Crippen LogP contribution in [0.3, 0.4) is 0 Å². The average molecular weight is 256 g/mol. The molecule has 0 aliphatic rings. The minimum absolute atomic E-state index is 0.0533. The number of carboxylic acid groups (broad SMARTS) is 1. The third-order valence-corrected chi connectivity index (χ3v) is 2.16. The molecular weight excluding hydrogens is 244 g/mol. The van der Waals surface area contributed by atoms with Crippen molar-refractivity contribution in [3.05, 3.63) is 29.8 Å². The van der Waals surface area contributed by atoms with Crippen LogP contribution in [0.25, 0.3) is 0 Å². The van der Waals surface area contributed by atoms with E-state index >= 15 is 0 Å². The van der Waals surface area contributed by atoms with Crippen molar-refractivity contribution in [1.29, 1.82) is 0 Å². The van der Waals surface area contributed by atoms with Crippen molar-refractivity contribution in [3.63, 3.8) is 0 Å². The zero-order chi connectivity index (χ0) is 13.8. The number of carbonyl (C=O) groups is 2. The Morgan fingerprint density at radius 2 is 2.00 bits per heavy atom. The molecular formula is C11H12O7. The molecule has 0 bridgehead atoms. The topological polar surface area (TPSA) is 124 Å². The Morgan fingerprint density at radius 1 is 1.39 bits per heavy atom. The summed E-state index contributed by atoms with van der Waals surface area (Å²) in [5.41, 5.74) is 0.165. The summed E-state index contributed by atoms with van der Waals surface area (Å²) in [5.74, 6) is -4.70. The van der Waals surface area contributed by atoms with Crippen LogP contribution >= 0.6 is 0 Å². The van der Waals surface area contributed by atoms with Crippen molar-refractivity contribution in [3.8, 4) is 5.75 Å². The van der Waals surface area contributed by atoms with E-state index in [1.54, 1.807) is 12.1 Å². The fraction of sp³-hybridized carbons (Fsp3) is 0.273. The van der Waals surface area contributed by atoms with Gasteiger partial charge in [-0.05, 0) is 12.1 Å². The maximum atomic E-state index is 10.6. The standard InChI is InChI=1S/C11H12O7/c12-5-7-3-1-2-4-8(7)18-6-11(16,17)9(13)10(14)15/h1-5,9,13,16-17H,6H2,(H,14,15). The number of aliphatic hydroxyl groups excluding tert-OH is 1. The SMILES string of the molecule is O=Cc1ccccc1OCC(O)(O)C(O)C(=O)O. The van der Waals surface area contributed by atoms with Crippen molar-refractivity contribution >= 4 is 12.3 Å². The Hall–Kier alpha value is -1.96. The summed E-state index contributed by atoms with van der Waals surface area (Å²) in [6.45, 7) is -0.898. The highest BCUT2D eigenvalue weighted by Crippen LogP contribution is 2.18. The lowest BCUT2D eigenvalue weighted by Crippen LogP contribution is -2.51. The maximum absolute atomic E-state index is 10.6. The minimum atomic E-state index is -2.96. The van der Waals surface area contributed by atoms with Crippen molar-refractivity contribution < 1.29 is 34.8 Å². The number of hydrogen-bond acceptors (Lipinski definition) is 6. The average Bonchev–Trinajstić information content (AvgIpc) is 2.35. The smallest absolute Gasteiger partial charge is 0.338 e. The normalized spacial score (nSPS) is 12.8. The van der Waals surface area contributed by atoms with Gasteiger partial charge in [0.1, 0.15) is 12.4 Å². The van der Waals surface area contributed by atoms with Crippen LogP contribution in [0.15, 0.2) is 24.3 Å². The Kier molecular flexibility index (Phi) is 4.38. The zero-order valence-electron chi connectivity index (χ0n) is 9.18. The molecule has 0 heterocycles. The maximum Gasteiger partial charge on any atom is 0.338 e. The molecule has 0 aromatic heterocycles. The number of aliphatic carboxylic acids is 1. The summed E-state index contributed by atoms with van der Waals surface area (Å²) in [5, 5.41) is 36.0. The van der Waals surface area contributed by atoms with Crippen LogP contribution < -0.4 is 4.74 Å². The van der Waals surface area contributed by atoms with Gasteiger partial charge in [-0.3, -0.25) is 4.79 Å². The predicted octanol–water partition coefficient (Wildman–Crippen LogP) is -0.996. The number of benzene rings is 1. The first kappa shape index (κ1) is 14.1. The quantitative estimate of drug-likeness (QED) is 0.380. The van der Waals surface area contributed by atoms with E-state index < -0.39 is 24.5 Å². The van der Waals surface area contributed by atoms with Crippen LogP contribution in [-0.2, 0) is 4.79 Å². The first-order valence-electron chi connectivity index (χ1n) is 4.91. The van der Waals surface area contributed by atoms with E-state index in [0.717, 1.165) is 0 Å². The van der Waals surface area contributed by atoms with Crippen LogP contribution in [0.1, 0.15) is 10.4 Å². The van der Waals surface area contributed by atoms with Gasteiger partial charge in [-0.1, -0.05) is 12.1 Å². The summed E-state index contributed by atoms with van der Waals surface area (Å²) in [6, 6.07) is 5.96. The van der Waals surface area contributed by atoms with Gasteiger partial charge in [0.25, 0.3) is 0 Å². The van der Waals surface area contributed by atoms with Gasteiger partial charge in [0.15, 0.2) is 6.29 Å². The Bertz CT molecular complexity index is 441. The third-order valence-electron chi connectivity index (χ3n) is 2.16. The molecule has 1 atom stereocenters. The number of aldehydes is 1. The van der Waals surface area contributed by atoms with Gasteiger partial charge in [-0.15, -0.1) is 0 Å². The molecule has 1 aromatic carbocycles. The van der Waals surface area contributed by atoms with Crippen LogP contribution in [0.5, 0.6) is 5.75 Å². The van der Waals surface area contributed by atoms with E-state index in [2.05, 4.69) is 0 Å². The largest absolute Gasteiger partial charge is 0.487 e. The Balaban J connectivity index is 2.75. The van der Waals surface area contributed by atoms with Crippen LogP contribution in [-0.4, -0.2) is 51.2 Å². The first-order valence-corrected chi connectivity index (χ1v) is 4.91. The fourth-order valence-corrected chi connectivity index (χ4v) is 1.17. The lowest BCUT2D eigenvalue weighted by atomic mass is 10.1. The second-order valence-corrected chi connectivity index (χ2v) is 3.56. The number of para-hydroxylation sites is 1. The third kappa shape index (κ3) is 3.27. The van der Waals surface area contributed by atoms with Crippen molar-refractivity contribution in [2.45, 2.75) is 11.9 Å². The second-order valence-electron chi connectivity index (χ2n) is 3.56. The summed E-state index contributed by atoms with van der Waals surface area (Å²) in [7, 11) is 0. The highest BCUT2D eigenvalue weighted by molar-refractivity contribution is 5.79. The van der Waals surface area contributed by atoms with Crippen LogP contribution in [0.2, 0.25) is 0 Å². The number of aliphatic hydroxyl groups is 3. The molecule has 4 N–H and O–H groups in total. The number of carboxylic acids is 1. The van der Waals surface area contributed by atoms with E-state index in [4.69, 9.17) is 14.9 Å². The van der Waals surface area contributed by atoms with E-state index in [-0.39, 0.29) is 11.3 Å². The van der Waals surface area contributed by atoms with Gasteiger partial charge in [-0.25, -0.2) is 4.79 Å². The molecule has 0 amide bonds. The summed E-state index contributed by atoms with van der Waals surface area (Å²) >= 11 is 0. The first-order chi connectivity index (χ1) is 8.38. The van der Waals surface area contributed by atoms with Gasteiger partial charge in [-0.2, -0.15) is 0 Å². The fourth-order valence-electron chi connectivity index (χ4n) is 1.17. The molecule has 7 heteroatoms. The molecule has 1 rings (SSSR count). The van der Waals surface area contributed by atoms with Crippen molar-refractivity contribution in [2.24, 2.45) is 0 Å². The second kappa shape index (κ2) is 5.58. The molecule has 0 saturated heterocycles. The molecule has 0 fully saturated rings. The van der Waals surface area contributed by atoms with E-state index in [1.807, 2.05) is 0 Å². The van der Waals surface area contributed by atoms with Crippen LogP contribution in [0.4, 0.5) is 0 Å². The van der Waals surface area contributed by atoms with Crippen molar-refractivity contribution in [1.82, 2.24) is 0 Å². The summed E-state index contributed by atoms with van der Waals surface area (Å²) in [6.07, 6.45) is -1.92. The lowest BCUT2D eigenvalue weighted by molar-refractivity contribution is -0.241. The Labute approximate surface area is 102 Å². The van der Waals surface area contributed by atoms with Crippen molar-refractivity contribution in [2.75, 3.05) is 6.61 Å². The van der Waals surface area contributed by atoms with Gasteiger partial charge in [0.2, 0.25) is 11.9 Å². The summed E-state index contributed by atoms with van der Waals surface area (Å²) < 4.78 is 4.91. The monoisotopic (exact) mass is 256 g/mol. The predicted molar refractivity (Wildman–Crippen MR) is 58.1 cm³/mol.